The second-order valence-electron chi connectivity index (χ2n) is 4.58. The molecule has 0 heterocycles. The molecule has 0 unspecified atom stereocenters. The first-order valence-electron chi connectivity index (χ1n) is 5.76. The zero-order valence-corrected chi connectivity index (χ0v) is 22.9. The fourth-order valence-electron chi connectivity index (χ4n) is 2.01. The Hall–Kier alpha value is 0.830. The van der Waals surface area contributed by atoms with Gasteiger partial charge in [0.15, 0.2) is 0 Å². The summed E-state index contributed by atoms with van der Waals surface area (Å²) < 4.78 is 101. The van der Waals surface area contributed by atoms with Crippen molar-refractivity contribution < 1.29 is 133 Å². The van der Waals surface area contributed by atoms with E-state index >= 15 is 0 Å². The summed E-state index contributed by atoms with van der Waals surface area (Å²) in [5.74, 6) is 0. The Labute approximate surface area is 225 Å². The predicted molar refractivity (Wildman–Crippen MR) is 74.5 cm³/mol. The molecule has 0 bridgehead atoms. The third-order valence-corrected chi connectivity index (χ3v) is 5.50. The quantitative estimate of drug-likeness (QED) is 0.174. The van der Waals surface area contributed by atoms with E-state index in [0.29, 0.717) is 12.1 Å². The van der Waals surface area contributed by atoms with Crippen LogP contribution in [0.5, 0.6) is 0 Å². The van der Waals surface area contributed by atoms with Crippen LogP contribution in [-0.4, -0.2) is 43.8 Å². The van der Waals surface area contributed by atoms with Gasteiger partial charge in [0.2, 0.25) is 0 Å². The van der Waals surface area contributed by atoms with Gasteiger partial charge in [0.1, 0.15) is 30.4 Å². The van der Waals surface area contributed by atoms with Gasteiger partial charge >= 0.3 is 88.7 Å². The molecule has 12 nitrogen and oxygen atoms in total. The van der Waals surface area contributed by atoms with Crippen LogP contribution in [0.2, 0.25) is 0 Å². The molecule has 0 saturated carbocycles. The van der Waals surface area contributed by atoms with Gasteiger partial charge in [0.25, 0.3) is 5.69 Å². The van der Waals surface area contributed by atoms with Crippen molar-refractivity contribution in [3.05, 3.63) is 34.4 Å². The Kier molecular flexibility index (Phi) is 11.6. The molecule has 136 valence electrons. The van der Waals surface area contributed by atoms with E-state index in [9.17, 15) is 49.0 Å². The molecule has 0 saturated heterocycles. The molecule has 0 radical (unpaired) electrons. The number of hydrogen-bond donors (Lipinski definition) is 0. The number of nitrogens with zero attached hydrogens (tertiary/aromatic N) is 1. The van der Waals surface area contributed by atoms with E-state index in [2.05, 4.69) is 0 Å². The van der Waals surface area contributed by atoms with Crippen molar-refractivity contribution in [3.8, 4) is 0 Å². The smallest absolute Gasteiger partial charge is 0.744 e. The van der Waals surface area contributed by atoms with E-state index in [0.717, 1.165) is 0 Å². The Morgan fingerprint density at radius 2 is 1.04 bits per heavy atom. The monoisotopic (exact) mass is 479 g/mol. The van der Waals surface area contributed by atoms with Crippen LogP contribution in [0.1, 0.15) is 0 Å². The molecule has 0 aliphatic heterocycles. The minimum absolute atomic E-state index is 0. The van der Waals surface area contributed by atoms with E-state index in [1.54, 1.807) is 0 Å². The third-order valence-electron chi connectivity index (χ3n) is 3.00. The van der Waals surface area contributed by atoms with Crippen molar-refractivity contribution in [2.75, 3.05) is 0 Å². The summed E-state index contributed by atoms with van der Waals surface area (Å²) in [6.07, 6.45) is 0. The SMILES string of the molecule is O=[N+]([O-])c1cc(S(=O)(=O)[O-])cc2c(S(=O)(=O)[O-])cc(S(=O)(=O)[O-])cc12.[Na+].[Na+].[Na+]. The van der Waals surface area contributed by atoms with Crippen LogP contribution in [0.3, 0.4) is 0 Å². The van der Waals surface area contributed by atoms with Crippen LogP contribution in [0.15, 0.2) is 39.0 Å². The first-order valence-corrected chi connectivity index (χ1v) is 9.99. The van der Waals surface area contributed by atoms with Gasteiger partial charge in [-0.25, -0.2) is 25.3 Å². The van der Waals surface area contributed by atoms with Gasteiger partial charge in [-0.05, 0) is 18.2 Å². The summed E-state index contributed by atoms with van der Waals surface area (Å²) in [7, 11) is -16.1. The van der Waals surface area contributed by atoms with Crippen LogP contribution >= 0.6 is 0 Å². The molecule has 0 spiro atoms. The fourth-order valence-corrected chi connectivity index (χ4v) is 3.83. The Morgan fingerprint density at radius 3 is 1.39 bits per heavy atom. The average molecular weight is 479 g/mol. The number of fused-ring (bicyclic) bond motifs is 1. The summed E-state index contributed by atoms with van der Waals surface area (Å²) in [6, 6.07) is 1.17. The molecule has 0 aliphatic carbocycles. The molecule has 0 N–H and O–H groups in total. The van der Waals surface area contributed by atoms with Crippen molar-refractivity contribution in [2.45, 2.75) is 14.7 Å². The fraction of sp³-hybridized carbons (Fsp3) is 0. The molecule has 0 amide bonds. The maximum atomic E-state index is 11.3. The molecule has 2 aromatic carbocycles. The molecule has 2 rings (SSSR count). The van der Waals surface area contributed by atoms with Gasteiger partial charge in [-0.3, -0.25) is 10.1 Å². The summed E-state index contributed by atoms with van der Waals surface area (Å²) in [5, 5.41) is 9.37. The number of rotatable bonds is 4. The zero-order chi connectivity index (χ0) is 19.4. The van der Waals surface area contributed by atoms with Gasteiger partial charge in [-0.2, -0.15) is 0 Å². The van der Waals surface area contributed by atoms with Crippen molar-refractivity contribution in [1.82, 2.24) is 0 Å². The van der Waals surface area contributed by atoms with E-state index in [-0.39, 0.29) is 101 Å². The molecular formula is C10H4NNa3O11S3. The van der Waals surface area contributed by atoms with Crippen molar-refractivity contribution in [1.29, 1.82) is 0 Å². The van der Waals surface area contributed by atoms with Gasteiger partial charge in [0.05, 0.1) is 25.0 Å². The van der Waals surface area contributed by atoms with Crippen LogP contribution in [-0.2, 0) is 30.4 Å². The third kappa shape index (κ3) is 6.93. The van der Waals surface area contributed by atoms with E-state index < -0.39 is 66.4 Å². The molecule has 0 fully saturated rings. The Bertz CT molecular complexity index is 1240. The first kappa shape index (κ1) is 31.0. The largest absolute Gasteiger partial charge is 1.00 e. The number of benzene rings is 2. The van der Waals surface area contributed by atoms with Crippen LogP contribution < -0.4 is 88.7 Å². The normalized spacial score (nSPS) is 11.7. The Balaban J connectivity index is 0. The van der Waals surface area contributed by atoms with Gasteiger partial charge in [-0.1, -0.05) is 0 Å². The number of nitro benzene ring substituents is 1. The van der Waals surface area contributed by atoms with E-state index in [4.69, 9.17) is 0 Å². The molecule has 0 aromatic heterocycles. The standard InChI is InChI=1S/C10H7NO11S3.3Na/c12-11(13)9-3-5(23(14,15)16)2-8-7(9)1-6(24(17,18)19)4-10(8)25(20,21)22;;;/h1-4H,(H,14,15,16)(H,17,18,19)(H,20,21,22);;;/q;3*+1/p-3. The molecule has 0 aliphatic rings. The summed E-state index contributed by atoms with van der Waals surface area (Å²) in [6.45, 7) is 0. The molecule has 0 atom stereocenters. The summed E-state index contributed by atoms with van der Waals surface area (Å²) in [5.41, 5.74) is -1.18. The number of hydrogen-bond acceptors (Lipinski definition) is 11. The van der Waals surface area contributed by atoms with Crippen molar-refractivity contribution in [3.63, 3.8) is 0 Å². The second kappa shape index (κ2) is 10.4. The maximum Gasteiger partial charge on any atom is 1.00 e. The number of nitro groups is 1. The Morgan fingerprint density at radius 1 is 0.643 bits per heavy atom. The predicted octanol–water partition coefficient (Wildman–Crippen LogP) is -9.53. The average Bonchev–Trinajstić information content (AvgIpc) is 2.41. The molecule has 2 aromatic rings. The van der Waals surface area contributed by atoms with Gasteiger partial charge in [-0.15, -0.1) is 0 Å². The second-order valence-corrected chi connectivity index (χ2v) is 8.69. The first-order chi connectivity index (χ1) is 11.1. The minimum atomic E-state index is -5.49. The molecular weight excluding hydrogens is 475 g/mol. The topological polar surface area (TPSA) is 215 Å². The maximum absolute atomic E-state index is 11.3. The van der Waals surface area contributed by atoms with Crippen LogP contribution in [0, 0.1) is 10.1 Å². The van der Waals surface area contributed by atoms with E-state index in [1.165, 1.54) is 0 Å². The summed E-state index contributed by atoms with van der Waals surface area (Å²) in [4.78, 5) is 5.97. The van der Waals surface area contributed by atoms with Crippen LogP contribution in [0.25, 0.3) is 10.8 Å². The molecule has 28 heavy (non-hydrogen) atoms. The van der Waals surface area contributed by atoms with Gasteiger partial charge < -0.3 is 13.7 Å². The van der Waals surface area contributed by atoms with Crippen molar-refractivity contribution >= 4 is 46.8 Å². The van der Waals surface area contributed by atoms with Crippen molar-refractivity contribution in [2.24, 2.45) is 0 Å². The molecule has 18 heteroatoms. The van der Waals surface area contributed by atoms with Gasteiger partial charge in [0, 0.05) is 11.5 Å². The zero-order valence-electron chi connectivity index (χ0n) is 14.5. The minimum Gasteiger partial charge on any atom is -0.744 e. The summed E-state index contributed by atoms with van der Waals surface area (Å²) >= 11 is 0. The number of non-ortho nitro benzene ring substituents is 1. The van der Waals surface area contributed by atoms with E-state index in [1.807, 2.05) is 0 Å². The van der Waals surface area contributed by atoms with Crippen LogP contribution in [0.4, 0.5) is 5.69 Å².